The molecule has 0 spiro atoms. The second-order valence-electron chi connectivity index (χ2n) is 12.8. The van der Waals surface area contributed by atoms with Crippen LogP contribution < -0.4 is 0 Å². The molecule has 0 saturated heterocycles. The SMILES string of the molecule is CCc1ccc2c(c1)[CH]([Zr]=[C](c1ccccc1)c1ccccc1)c1c(C3=CC=CC3)c(CC)c(-c3ccccc3)c(-c3ccccc3)c1-2. The predicted molar refractivity (Wildman–Crippen MR) is 201 cm³/mol. The Kier molecular flexibility index (Phi) is 8.73. The first-order chi connectivity index (χ1) is 23.8. The van der Waals surface area contributed by atoms with Gasteiger partial charge in [0.25, 0.3) is 0 Å². The van der Waals surface area contributed by atoms with E-state index in [0.717, 1.165) is 19.3 Å². The third kappa shape index (κ3) is 5.49. The van der Waals surface area contributed by atoms with Crippen LogP contribution in [0.1, 0.15) is 62.8 Å². The number of fused-ring (bicyclic) bond motifs is 3. The molecule has 6 aromatic rings. The molecule has 0 radical (unpaired) electrons. The standard InChI is InChI=1S/C34H29.C13H10.Zr/c1-3-23-19-20-29-27(21-23)22-30-31(24-17-11-12-18-24)28(4-2)32(25-13-7-5-8-14-25)33(34(29)30)26-15-9-6-10-16-26;1-3-7-12(8-4-1)11-13-9-5-2-6-10-13;/h5-17,19-22H,3-4,18H2,1-2H3;1-10H;. The van der Waals surface area contributed by atoms with Gasteiger partial charge in [0, 0.05) is 0 Å². The minimum atomic E-state index is -1.32. The predicted octanol–water partition coefficient (Wildman–Crippen LogP) is 11.9. The zero-order chi connectivity index (χ0) is 32.5. The van der Waals surface area contributed by atoms with Crippen molar-refractivity contribution < 1.29 is 22.8 Å². The summed E-state index contributed by atoms with van der Waals surface area (Å²) < 4.78 is 1.95. The number of hydrogen-bond donors (Lipinski definition) is 0. The fraction of sp³-hybridized carbons (Fsp3) is 0.128. The summed E-state index contributed by atoms with van der Waals surface area (Å²) >= 11 is -1.32. The van der Waals surface area contributed by atoms with Crippen LogP contribution in [0.5, 0.6) is 0 Å². The summed E-state index contributed by atoms with van der Waals surface area (Å²) in [7, 11) is 0. The zero-order valence-electron chi connectivity index (χ0n) is 27.7. The van der Waals surface area contributed by atoms with Crippen molar-refractivity contribution in [2.75, 3.05) is 0 Å². The van der Waals surface area contributed by atoms with E-state index in [-0.39, 0.29) is 0 Å². The molecule has 0 aromatic heterocycles. The van der Waals surface area contributed by atoms with Crippen LogP contribution in [0.2, 0.25) is 0 Å². The van der Waals surface area contributed by atoms with E-state index in [2.05, 4.69) is 172 Å². The fourth-order valence-electron chi connectivity index (χ4n) is 7.85. The Balaban J connectivity index is 1.55. The van der Waals surface area contributed by atoms with Crippen LogP contribution in [-0.4, -0.2) is 3.21 Å². The monoisotopic (exact) mass is 693 g/mol. The van der Waals surface area contributed by atoms with Crippen LogP contribution in [0.25, 0.3) is 39.0 Å². The molecule has 48 heavy (non-hydrogen) atoms. The van der Waals surface area contributed by atoms with Gasteiger partial charge in [0.15, 0.2) is 0 Å². The van der Waals surface area contributed by atoms with Gasteiger partial charge in [-0.2, -0.15) is 0 Å². The number of hydrogen-bond acceptors (Lipinski definition) is 0. The third-order valence-electron chi connectivity index (χ3n) is 10.0. The van der Waals surface area contributed by atoms with Gasteiger partial charge in [-0.1, -0.05) is 0 Å². The Morgan fingerprint density at radius 3 is 1.73 bits per heavy atom. The van der Waals surface area contributed by atoms with Gasteiger partial charge in [-0.25, -0.2) is 0 Å². The van der Waals surface area contributed by atoms with E-state index in [4.69, 9.17) is 0 Å². The minimum absolute atomic E-state index is 0.384. The van der Waals surface area contributed by atoms with E-state index in [9.17, 15) is 0 Å². The van der Waals surface area contributed by atoms with Crippen molar-refractivity contribution in [2.24, 2.45) is 0 Å². The summed E-state index contributed by atoms with van der Waals surface area (Å²) in [6.45, 7) is 4.66. The van der Waals surface area contributed by atoms with E-state index in [1.165, 1.54) is 72.3 Å². The molecular weight excluding hydrogens is 656 g/mol. The normalized spacial score (nSPS) is 14.3. The summed E-state index contributed by atoms with van der Waals surface area (Å²) in [4.78, 5) is 0. The number of aryl methyl sites for hydroxylation is 1. The van der Waals surface area contributed by atoms with Gasteiger partial charge in [-0.05, 0) is 0 Å². The fourth-order valence-corrected chi connectivity index (χ4v) is 12.2. The molecule has 1 heteroatoms. The van der Waals surface area contributed by atoms with Crippen molar-refractivity contribution in [1.29, 1.82) is 0 Å². The molecule has 8 rings (SSSR count). The van der Waals surface area contributed by atoms with Crippen LogP contribution in [0.15, 0.2) is 158 Å². The van der Waals surface area contributed by atoms with Crippen LogP contribution in [0.3, 0.4) is 0 Å². The Bertz CT molecular complexity index is 2150. The van der Waals surface area contributed by atoms with Crippen LogP contribution >= 0.6 is 0 Å². The van der Waals surface area contributed by atoms with Gasteiger partial charge in [0.05, 0.1) is 0 Å². The summed E-state index contributed by atoms with van der Waals surface area (Å²) in [6, 6.07) is 52.3. The molecule has 0 amide bonds. The molecular formula is C47H39Zr. The van der Waals surface area contributed by atoms with Gasteiger partial charge < -0.3 is 0 Å². The summed E-state index contributed by atoms with van der Waals surface area (Å²) in [5.74, 6) is 0. The maximum atomic E-state index is 2.57. The molecule has 0 bridgehead atoms. The topological polar surface area (TPSA) is 0 Å². The average Bonchev–Trinajstić information content (AvgIpc) is 3.81. The molecule has 1 unspecified atom stereocenters. The third-order valence-corrected chi connectivity index (χ3v) is 14.3. The average molecular weight is 695 g/mol. The molecule has 231 valence electrons. The van der Waals surface area contributed by atoms with Gasteiger partial charge in [0.2, 0.25) is 0 Å². The van der Waals surface area contributed by atoms with Crippen molar-refractivity contribution in [3.8, 4) is 33.4 Å². The molecule has 0 heterocycles. The molecule has 0 aliphatic heterocycles. The Morgan fingerprint density at radius 2 is 1.19 bits per heavy atom. The maximum absolute atomic E-state index is 2.57. The number of rotatable bonds is 8. The first-order valence-corrected chi connectivity index (χ1v) is 20.0. The summed E-state index contributed by atoms with van der Waals surface area (Å²) in [5, 5.41) is 0. The summed E-state index contributed by atoms with van der Waals surface area (Å²) in [6.07, 6.45) is 10.0. The Hall–Kier alpha value is -4.45. The van der Waals surface area contributed by atoms with Crippen LogP contribution in [-0.2, 0) is 35.6 Å². The molecule has 2 aliphatic rings. The van der Waals surface area contributed by atoms with Gasteiger partial charge in [-0.15, -0.1) is 0 Å². The van der Waals surface area contributed by atoms with Crippen molar-refractivity contribution in [2.45, 2.75) is 36.7 Å². The van der Waals surface area contributed by atoms with Crippen molar-refractivity contribution >= 4 is 8.78 Å². The van der Waals surface area contributed by atoms with Crippen molar-refractivity contribution in [3.63, 3.8) is 0 Å². The van der Waals surface area contributed by atoms with E-state index in [1.54, 1.807) is 8.77 Å². The molecule has 0 fully saturated rings. The van der Waals surface area contributed by atoms with E-state index in [0.29, 0.717) is 3.63 Å². The van der Waals surface area contributed by atoms with Crippen LogP contribution in [0, 0.1) is 0 Å². The van der Waals surface area contributed by atoms with Crippen LogP contribution in [0.4, 0.5) is 0 Å². The zero-order valence-corrected chi connectivity index (χ0v) is 30.2. The first-order valence-electron chi connectivity index (χ1n) is 17.3. The first kappa shape index (κ1) is 30.9. The number of benzene rings is 6. The molecule has 6 aromatic carbocycles. The molecule has 0 N–H and O–H groups in total. The van der Waals surface area contributed by atoms with E-state index in [1.807, 2.05) is 0 Å². The molecule has 2 aliphatic carbocycles. The second kappa shape index (κ2) is 13.6. The quantitative estimate of drug-likeness (QED) is 0.149. The molecule has 1 atom stereocenters. The molecule has 0 nitrogen and oxygen atoms in total. The Morgan fingerprint density at radius 1 is 0.604 bits per heavy atom. The van der Waals surface area contributed by atoms with Gasteiger partial charge >= 0.3 is 298 Å². The van der Waals surface area contributed by atoms with Gasteiger partial charge in [0.1, 0.15) is 0 Å². The van der Waals surface area contributed by atoms with E-state index < -0.39 is 22.8 Å². The van der Waals surface area contributed by atoms with Crippen molar-refractivity contribution in [3.05, 3.63) is 197 Å². The second-order valence-corrected chi connectivity index (χ2v) is 16.1. The van der Waals surface area contributed by atoms with Crippen molar-refractivity contribution in [1.82, 2.24) is 0 Å². The van der Waals surface area contributed by atoms with Gasteiger partial charge in [-0.3, -0.25) is 0 Å². The summed E-state index contributed by atoms with van der Waals surface area (Å²) in [5.41, 5.74) is 20.1. The Labute approximate surface area is 296 Å². The van der Waals surface area contributed by atoms with E-state index >= 15 is 0 Å². The number of allylic oxidation sites excluding steroid dienone is 4. The molecule has 0 saturated carbocycles.